The molecule has 14 heavy (non-hydrogen) atoms. The van der Waals surface area contributed by atoms with Gasteiger partial charge in [-0.2, -0.15) is 12.6 Å². The molecule has 0 fully saturated rings. The Morgan fingerprint density at radius 1 is 1.50 bits per heavy atom. The molecule has 0 N–H and O–H groups in total. The van der Waals surface area contributed by atoms with Crippen LogP contribution in [0.25, 0.3) is 0 Å². The summed E-state index contributed by atoms with van der Waals surface area (Å²) in [6.07, 6.45) is 0.773. The van der Waals surface area contributed by atoms with Gasteiger partial charge >= 0.3 is 0 Å². The largest absolute Gasteiger partial charge is 0.495 e. The lowest BCUT2D eigenvalue weighted by atomic mass is 10.2. The van der Waals surface area contributed by atoms with Crippen molar-refractivity contribution in [1.29, 1.82) is 0 Å². The average molecular weight is 227 g/mol. The zero-order chi connectivity index (χ0) is 10.4. The molecule has 1 rings (SSSR count). The molecule has 0 atom stereocenters. The Balaban J connectivity index is 2.92. The van der Waals surface area contributed by atoms with Crippen molar-refractivity contribution in [3.05, 3.63) is 28.8 Å². The minimum absolute atomic E-state index is 0.654. The third-order valence-electron chi connectivity index (χ3n) is 1.62. The molecule has 0 spiro atoms. The van der Waals surface area contributed by atoms with Crippen LogP contribution >= 0.6 is 24.2 Å². The van der Waals surface area contributed by atoms with Gasteiger partial charge in [0.05, 0.1) is 12.7 Å². The fourth-order valence-electron chi connectivity index (χ4n) is 0.982. The van der Waals surface area contributed by atoms with Gasteiger partial charge in [0.1, 0.15) is 5.75 Å². The van der Waals surface area contributed by atoms with Crippen molar-refractivity contribution in [2.45, 2.75) is 6.42 Å². The number of rotatable bonds is 2. The predicted octanol–water partition coefficient (Wildman–Crippen LogP) is 3.02. The normalized spacial score (nSPS) is 9.07. The summed E-state index contributed by atoms with van der Waals surface area (Å²) in [5.41, 5.74) is 0.860. The number of methoxy groups -OCH3 is 1. The van der Waals surface area contributed by atoms with E-state index in [-0.39, 0.29) is 0 Å². The third kappa shape index (κ3) is 3.17. The molecule has 0 saturated heterocycles. The predicted molar refractivity (Wildman–Crippen MR) is 63.4 cm³/mol. The summed E-state index contributed by atoms with van der Waals surface area (Å²) in [7, 11) is 1.61. The molecule has 0 radical (unpaired) electrons. The fourth-order valence-corrected chi connectivity index (χ4v) is 1.26. The lowest BCUT2D eigenvalue weighted by Crippen LogP contribution is -1.87. The van der Waals surface area contributed by atoms with Crippen molar-refractivity contribution < 1.29 is 4.74 Å². The minimum atomic E-state index is 0.654. The lowest BCUT2D eigenvalue weighted by Gasteiger charge is -2.02. The van der Waals surface area contributed by atoms with Crippen LogP contribution in [0.4, 0.5) is 0 Å². The van der Waals surface area contributed by atoms with E-state index in [9.17, 15) is 0 Å². The second kappa shape index (κ2) is 5.85. The molecule has 1 aromatic rings. The average Bonchev–Trinajstić information content (AvgIpc) is 2.20. The molecule has 0 unspecified atom stereocenters. The summed E-state index contributed by atoms with van der Waals surface area (Å²) < 4.78 is 5.15. The Labute approximate surface area is 94.8 Å². The number of thiol groups is 1. The van der Waals surface area contributed by atoms with Crippen LogP contribution in [0.5, 0.6) is 5.75 Å². The first-order valence-electron chi connectivity index (χ1n) is 4.21. The molecule has 0 aromatic heterocycles. The molecular weight excluding hydrogens is 216 g/mol. The van der Waals surface area contributed by atoms with Crippen LogP contribution in [0.15, 0.2) is 18.2 Å². The first-order valence-corrected chi connectivity index (χ1v) is 5.22. The molecule has 0 aliphatic carbocycles. The van der Waals surface area contributed by atoms with E-state index < -0.39 is 0 Å². The SMILES string of the molecule is COc1cc(Cl)ccc1C#CCCS. The monoisotopic (exact) mass is 226 g/mol. The van der Waals surface area contributed by atoms with Gasteiger partial charge in [-0.3, -0.25) is 0 Å². The topological polar surface area (TPSA) is 9.23 Å². The van der Waals surface area contributed by atoms with Gasteiger partial charge in [-0.25, -0.2) is 0 Å². The van der Waals surface area contributed by atoms with E-state index in [0.717, 1.165) is 17.7 Å². The fraction of sp³-hybridized carbons (Fsp3) is 0.273. The van der Waals surface area contributed by atoms with Crippen molar-refractivity contribution >= 4 is 24.2 Å². The quantitative estimate of drug-likeness (QED) is 0.603. The van der Waals surface area contributed by atoms with Crippen LogP contribution in [0.3, 0.4) is 0 Å². The van der Waals surface area contributed by atoms with E-state index in [2.05, 4.69) is 24.5 Å². The van der Waals surface area contributed by atoms with Crippen molar-refractivity contribution in [2.24, 2.45) is 0 Å². The summed E-state index contributed by atoms with van der Waals surface area (Å²) in [5, 5.41) is 0.654. The van der Waals surface area contributed by atoms with Crippen LogP contribution in [-0.4, -0.2) is 12.9 Å². The van der Waals surface area contributed by atoms with Gasteiger partial charge in [-0.1, -0.05) is 23.4 Å². The van der Waals surface area contributed by atoms with Crippen LogP contribution in [0, 0.1) is 11.8 Å². The highest BCUT2D eigenvalue weighted by molar-refractivity contribution is 7.80. The highest BCUT2D eigenvalue weighted by atomic mass is 35.5. The maximum Gasteiger partial charge on any atom is 0.135 e. The van der Waals surface area contributed by atoms with Gasteiger partial charge in [-0.15, -0.1) is 0 Å². The van der Waals surface area contributed by atoms with Gasteiger partial charge in [0.15, 0.2) is 0 Å². The first kappa shape index (κ1) is 11.3. The molecular formula is C11H11ClOS. The van der Waals surface area contributed by atoms with Crippen LogP contribution < -0.4 is 4.74 Å². The summed E-state index contributed by atoms with van der Waals surface area (Å²) in [6.45, 7) is 0. The van der Waals surface area contributed by atoms with Crippen LogP contribution in [0.2, 0.25) is 5.02 Å². The Kier molecular flexibility index (Phi) is 4.72. The standard InChI is InChI=1S/C11H11ClOS/c1-13-11-8-10(12)6-5-9(11)4-2-3-7-14/h5-6,8,14H,3,7H2,1H3. The van der Waals surface area contributed by atoms with Gasteiger partial charge in [0.2, 0.25) is 0 Å². The molecule has 0 aliphatic heterocycles. The van der Waals surface area contributed by atoms with E-state index in [4.69, 9.17) is 16.3 Å². The number of benzene rings is 1. The van der Waals surface area contributed by atoms with E-state index in [1.165, 1.54) is 0 Å². The zero-order valence-corrected chi connectivity index (χ0v) is 9.53. The van der Waals surface area contributed by atoms with E-state index >= 15 is 0 Å². The Hall–Kier alpha value is -0.780. The molecule has 74 valence electrons. The van der Waals surface area contributed by atoms with Gasteiger partial charge in [0.25, 0.3) is 0 Å². The molecule has 0 heterocycles. The van der Waals surface area contributed by atoms with Crippen molar-refractivity contribution in [1.82, 2.24) is 0 Å². The Morgan fingerprint density at radius 3 is 2.93 bits per heavy atom. The van der Waals surface area contributed by atoms with E-state index in [0.29, 0.717) is 10.8 Å². The second-order valence-electron chi connectivity index (χ2n) is 2.62. The third-order valence-corrected chi connectivity index (χ3v) is 2.08. The summed E-state index contributed by atoms with van der Waals surface area (Å²) in [6, 6.07) is 5.41. The van der Waals surface area contributed by atoms with Gasteiger partial charge in [0, 0.05) is 23.3 Å². The number of ether oxygens (including phenoxy) is 1. The van der Waals surface area contributed by atoms with Gasteiger partial charge < -0.3 is 4.74 Å². The summed E-state index contributed by atoms with van der Waals surface area (Å²) in [5.74, 6) is 7.48. The molecule has 1 nitrogen and oxygen atoms in total. The van der Waals surface area contributed by atoms with Crippen molar-refractivity contribution in [3.63, 3.8) is 0 Å². The second-order valence-corrected chi connectivity index (χ2v) is 3.50. The highest BCUT2D eigenvalue weighted by Crippen LogP contribution is 2.21. The number of hydrogen-bond acceptors (Lipinski definition) is 2. The summed E-state index contributed by atoms with van der Waals surface area (Å²) >= 11 is 9.89. The molecule has 0 saturated carbocycles. The van der Waals surface area contributed by atoms with Gasteiger partial charge in [-0.05, 0) is 12.1 Å². The number of hydrogen-bond donors (Lipinski definition) is 1. The molecule has 0 aliphatic rings. The Bertz CT molecular complexity index is 365. The van der Waals surface area contributed by atoms with Crippen LogP contribution in [-0.2, 0) is 0 Å². The molecule has 1 aromatic carbocycles. The maximum absolute atomic E-state index is 5.82. The minimum Gasteiger partial charge on any atom is -0.495 e. The highest BCUT2D eigenvalue weighted by Gasteiger charge is 1.99. The van der Waals surface area contributed by atoms with Crippen LogP contribution in [0.1, 0.15) is 12.0 Å². The zero-order valence-electron chi connectivity index (χ0n) is 7.88. The first-order chi connectivity index (χ1) is 6.77. The van der Waals surface area contributed by atoms with E-state index in [1.807, 2.05) is 6.07 Å². The smallest absolute Gasteiger partial charge is 0.135 e. The molecule has 0 amide bonds. The van der Waals surface area contributed by atoms with Crippen molar-refractivity contribution in [2.75, 3.05) is 12.9 Å². The Morgan fingerprint density at radius 2 is 2.29 bits per heavy atom. The lowest BCUT2D eigenvalue weighted by molar-refractivity contribution is 0.413. The molecule has 0 bridgehead atoms. The maximum atomic E-state index is 5.82. The van der Waals surface area contributed by atoms with E-state index in [1.54, 1.807) is 19.2 Å². The molecule has 3 heteroatoms. The number of halogens is 1. The van der Waals surface area contributed by atoms with Crippen molar-refractivity contribution in [3.8, 4) is 17.6 Å². The summed E-state index contributed by atoms with van der Waals surface area (Å²) in [4.78, 5) is 0.